The highest BCUT2D eigenvalue weighted by molar-refractivity contribution is 5.97. The van der Waals surface area contributed by atoms with Gasteiger partial charge in [-0.05, 0) is 55.7 Å². The number of aromatic amines is 2. The maximum atomic E-state index is 14.7. The number of aromatic nitrogens is 3. The molecule has 3 heterocycles. The van der Waals surface area contributed by atoms with Crippen LogP contribution in [-0.2, 0) is 62.4 Å². The number of hydrogen-bond acceptors (Lipinski definition) is 11. The third-order valence-electron chi connectivity index (χ3n) is 12.1. The van der Waals surface area contributed by atoms with Gasteiger partial charge in [0, 0.05) is 87.8 Å². The number of nitrogens with one attached hydrogen (secondary N) is 8. The molecule has 0 unspecified atom stereocenters. The minimum atomic E-state index is -1.36. The van der Waals surface area contributed by atoms with Gasteiger partial charge in [-0.2, -0.15) is 0 Å². The molecule has 14 N–H and O–H groups in total. The molecule has 1 aliphatic rings. The Balaban J connectivity index is 1.52. The summed E-state index contributed by atoms with van der Waals surface area (Å²) in [7, 11) is 0. The third kappa shape index (κ3) is 19.0. The van der Waals surface area contributed by atoms with Crippen LogP contribution in [0.4, 0.5) is 0 Å². The molecule has 0 aliphatic carbocycles. The van der Waals surface area contributed by atoms with Gasteiger partial charge in [0.2, 0.25) is 53.2 Å². The van der Waals surface area contributed by atoms with E-state index in [1.165, 1.54) is 24.3 Å². The Morgan fingerprint density at radius 3 is 2.15 bits per heavy atom. The predicted octanol–water partition coefficient (Wildman–Crippen LogP) is -1.34. The molecule has 2 aromatic carbocycles. The number of primary amides is 1. The molecule has 1 fully saturated rings. The summed E-state index contributed by atoms with van der Waals surface area (Å²) in [5.74, 6) is -6.05. The molecular weight excluding hydrogens is 955 g/mol. The quantitative estimate of drug-likeness (QED) is 0.0314. The molecule has 0 radical (unpaired) electrons. The van der Waals surface area contributed by atoms with Gasteiger partial charge in [0.25, 0.3) is 0 Å². The van der Waals surface area contributed by atoms with Crippen LogP contribution in [0.15, 0.2) is 78.3 Å². The number of fused-ring (bicyclic) bond motifs is 1. The van der Waals surface area contributed by atoms with Crippen molar-refractivity contribution in [3.8, 4) is 0 Å². The molecule has 74 heavy (non-hydrogen) atoms. The zero-order valence-electron chi connectivity index (χ0n) is 41.7. The second-order valence-electron chi connectivity index (χ2n) is 18.1. The summed E-state index contributed by atoms with van der Waals surface area (Å²) in [5, 5.41) is 17.4. The molecule has 9 amide bonds. The molecule has 0 saturated carbocycles. The van der Waals surface area contributed by atoms with E-state index < -0.39 is 91.1 Å². The van der Waals surface area contributed by atoms with Gasteiger partial charge >= 0.3 is 0 Å². The monoisotopic (exact) mass is 1020 g/mol. The molecule has 0 spiro atoms. The average molecular weight is 1020 g/mol. The van der Waals surface area contributed by atoms with E-state index in [1.54, 1.807) is 36.5 Å². The summed E-state index contributed by atoms with van der Waals surface area (Å²) in [6.45, 7) is 0.353. The van der Waals surface area contributed by atoms with E-state index in [2.05, 4.69) is 51.8 Å². The maximum Gasteiger partial charge on any atom is 0.245 e. The average Bonchev–Trinajstić information content (AvgIpc) is 4.04. The molecule has 24 heteroatoms. The summed E-state index contributed by atoms with van der Waals surface area (Å²) >= 11 is 0. The first kappa shape index (κ1) is 56.6. The number of imidazole rings is 1. The normalized spacial score (nSPS) is 19.1. The van der Waals surface area contributed by atoms with Gasteiger partial charge in [-0.1, -0.05) is 55.0 Å². The number of aliphatic imine (C=N–C) groups is 1. The molecule has 4 aromatic rings. The highest BCUT2D eigenvalue weighted by atomic mass is 16.2. The van der Waals surface area contributed by atoms with Crippen LogP contribution in [0.2, 0.25) is 0 Å². The summed E-state index contributed by atoms with van der Waals surface area (Å²) in [4.78, 5) is 140. The minimum Gasteiger partial charge on any atom is -0.370 e. The van der Waals surface area contributed by atoms with Gasteiger partial charge in [-0.3, -0.25) is 48.1 Å². The molecule has 398 valence electrons. The van der Waals surface area contributed by atoms with E-state index in [0.717, 1.165) is 15.8 Å². The van der Waals surface area contributed by atoms with E-state index in [0.29, 0.717) is 49.0 Å². The summed E-state index contributed by atoms with van der Waals surface area (Å²) in [5.41, 5.74) is 19.4. The van der Waals surface area contributed by atoms with Crippen LogP contribution in [-0.4, -0.2) is 154 Å². The number of nitrogens with zero attached hydrogens (tertiary/aromatic N) is 4. The first-order chi connectivity index (χ1) is 35.6. The standard InChI is InChI=1S/C50H69N15O9/c1-32(66)55-19-9-3-6-18-45(70)65-29-43(68)56-20-10-11-22-64(28-42(51)67)49(74)41(24-34-26-58-37-16-8-7-15-36(34)37)63-46(71)38(17-12-21-57-50(52)53)61-47(72)39(23-33-13-4-2-5-14-33)62-48(73)40(60-44(69)30-65)25-35-27-54-31-59-35/h2,4-5,7-8,13-16,26-27,31,38-41,58H,3,6,9-12,17-25,28-30H2,1H3,(H2,51,67)(H,54,59)(H,55,66)(H,56,68)(H,60,69)(H,61,72)(H,62,73)(H,63,71)(H4,52,53,57)/t38-,39+,40-,41-/m0/s1. The topological polar surface area (TPSA) is 367 Å². The van der Waals surface area contributed by atoms with Gasteiger partial charge in [-0.25, -0.2) is 4.98 Å². The summed E-state index contributed by atoms with van der Waals surface area (Å²) in [6.07, 6.45) is 6.59. The Kier molecular flexibility index (Phi) is 22.4. The van der Waals surface area contributed by atoms with Crippen molar-refractivity contribution in [3.63, 3.8) is 0 Å². The number of unbranched alkanes of at least 4 members (excludes halogenated alkanes) is 2. The predicted molar refractivity (Wildman–Crippen MR) is 274 cm³/mol. The van der Waals surface area contributed by atoms with Gasteiger partial charge in [-0.15, -0.1) is 0 Å². The number of H-pyrrole nitrogens is 2. The second-order valence-corrected chi connectivity index (χ2v) is 18.1. The van der Waals surface area contributed by atoms with E-state index in [9.17, 15) is 43.2 Å². The van der Waals surface area contributed by atoms with Crippen LogP contribution in [0.25, 0.3) is 10.9 Å². The molecular formula is C50H69N15O9. The number of guanidine groups is 1. The maximum absolute atomic E-state index is 14.7. The zero-order valence-corrected chi connectivity index (χ0v) is 41.7. The van der Waals surface area contributed by atoms with Gasteiger partial charge in [0.05, 0.1) is 12.9 Å². The van der Waals surface area contributed by atoms with Crippen molar-refractivity contribution in [1.29, 1.82) is 0 Å². The Morgan fingerprint density at radius 1 is 0.743 bits per heavy atom. The minimum absolute atomic E-state index is 0.0100. The van der Waals surface area contributed by atoms with Gasteiger partial charge in [0.15, 0.2) is 5.96 Å². The number of rotatable bonds is 18. The third-order valence-corrected chi connectivity index (χ3v) is 12.1. The van der Waals surface area contributed by atoms with Crippen molar-refractivity contribution in [2.75, 3.05) is 45.8 Å². The molecule has 5 rings (SSSR count). The number of carbonyl (C=O) groups excluding carboxylic acids is 9. The number of para-hydroxylation sites is 1. The number of carbonyl (C=O) groups is 9. The van der Waals surface area contributed by atoms with Crippen molar-refractivity contribution in [1.82, 2.24) is 56.7 Å². The Hall–Kier alpha value is -8.31. The fourth-order valence-electron chi connectivity index (χ4n) is 8.40. The van der Waals surface area contributed by atoms with Crippen molar-refractivity contribution in [3.05, 3.63) is 90.1 Å². The van der Waals surface area contributed by atoms with Crippen molar-refractivity contribution in [2.24, 2.45) is 22.2 Å². The van der Waals surface area contributed by atoms with Crippen LogP contribution < -0.4 is 49.1 Å². The zero-order chi connectivity index (χ0) is 53.4. The van der Waals surface area contributed by atoms with Crippen molar-refractivity contribution < 1.29 is 43.2 Å². The van der Waals surface area contributed by atoms with Crippen LogP contribution in [0.5, 0.6) is 0 Å². The van der Waals surface area contributed by atoms with Crippen LogP contribution in [0, 0.1) is 0 Å². The fraction of sp³-hybridized carbons (Fsp3) is 0.460. The lowest BCUT2D eigenvalue weighted by Crippen LogP contribution is -2.60. The first-order valence-corrected chi connectivity index (χ1v) is 24.7. The number of nitrogens with two attached hydrogens (primary N) is 3. The van der Waals surface area contributed by atoms with Gasteiger partial charge < -0.3 is 68.9 Å². The molecule has 4 atom stereocenters. The number of benzene rings is 2. The summed E-state index contributed by atoms with van der Waals surface area (Å²) in [6, 6.07) is 10.8. The molecule has 1 aliphatic heterocycles. The molecule has 24 nitrogen and oxygen atoms in total. The smallest absolute Gasteiger partial charge is 0.245 e. The highest BCUT2D eigenvalue weighted by Crippen LogP contribution is 2.20. The number of hydrogen-bond donors (Lipinski definition) is 11. The summed E-state index contributed by atoms with van der Waals surface area (Å²) < 4.78 is 0. The van der Waals surface area contributed by atoms with Crippen LogP contribution in [0.3, 0.4) is 0 Å². The van der Waals surface area contributed by atoms with Crippen molar-refractivity contribution >= 4 is 70.0 Å². The molecule has 1 saturated heterocycles. The second kappa shape index (κ2) is 29.3. The van der Waals surface area contributed by atoms with E-state index in [-0.39, 0.29) is 76.4 Å². The molecule has 0 bridgehead atoms. The van der Waals surface area contributed by atoms with Crippen LogP contribution in [0.1, 0.15) is 75.1 Å². The highest BCUT2D eigenvalue weighted by Gasteiger charge is 2.34. The van der Waals surface area contributed by atoms with Crippen LogP contribution >= 0.6 is 0 Å². The van der Waals surface area contributed by atoms with E-state index in [4.69, 9.17) is 17.2 Å². The lowest BCUT2D eigenvalue weighted by Gasteiger charge is -2.29. The lowest BCUT2D eigenvalue weighted by molar-refractivity contribution is -0.140. The number of amides is 9. The van der Waals surface area contributed by atoms with Gasteiger partial charge in [0.1, 0.15) is 37.3 Å². The Labute approximate surface area is 428 Å². The molecule has 2 aromatic heterocycles. The van der Waals surface area contributed by atoms with E-state index >= 15 is 0 Å². The van der Waals surface area contributed by atoms with E-state index in [1.807, 2.05) is 24.3 Å². The lowest BCUT2D eigenvalue weighted by atomic mass is 10.0. The first-order valence-electron chi connectivity index (χ1n) is 24.7. The fourth-order valence-corrected chi connectivity index (χ4v) is 8.40. The Morgan fingerprint density at radius 2 is 1.43 bits per heavy atom. The Bertz CT molecular complexity index is 2560. The largest absolute Gasteiger partial charge is 0.370 e. The SMILES string of the molecule is CC(=O)NCCCCCC(=O)N1CC(=O)NCCCCN(CC(N)=O)C(=O)[C@H](Cc2c[nH]c3ccccc23)NC(=O)[C@H](CCCN=C(N)N)NC(=O)[C@@H](Cc2ccccc2)NC(=O)[C@H](Cc2cnc[nH]2)NC(=O)C1. The van der Waals surface area contributed by atoms with Crippen molar-refractivity contribution in [2.45, 2.75) is 102 Å².